The standard InChI is InChI=1S/C27H37FN4O3S/c1-26(2,3)36(34)32-27(12-9-18-5-6-18,19-10-13-29-14-11-19)20-7-8-22(28)23(15-20)31-25(33)24-16-21(35-4)17-30-24/h7-8,10-11,13-15,18,21,24,30,32H,5-6,9,12,16-17H2,1-4H3,(H,31,33)/t21-,24-,27+,36?/m1/s1. The average molecular weight is 517 g/mol. The first-order valence-electron chi connectivity index (χ1n) is 12.6. The van der Waals surface area contributed by atoms with Gasteiger partial charge in [-0.15, -0.1) is 4.72 Å². The van der Waals surface area contributed by atoms with Gasteiger partial charge in [-0.05, 0) is 81.3 Å². The summed E-state index contributed by atoms with van der Waals surface area (Å²) in [7, 11) is 1.62. The van der Waals surface area contributed by atoms with Crippen molar-refractivity contribution in [3.05, 3.63) is 59.7 Å². The van der Waals surface area contributed by atoms with Crippen LogP contribution in [0.25, 0.3) is 0 Å². The molecule has 9 heteroatoms. The molecule has 1 unspecified atom stereocenters. The van der Waals surface area contributed by atoms with Crippen LogP contribution in [0.4, 0.5) is 10.1 Å². The Morgan fingerprint density at radius 3 is 2.56 bits per heavy atom. The number of benzene rings is 1. The number of pyridine rings is 1. The molecule has 1 aliphatic carbocycles. The summed E-state index contributed by atoms with van der Waals surface area (Å²) in [5.41, 5.74) is 0.912. The number of nitrogens with one attached hydrogen (secondary N) is 3. The van der Waals surface area contributed by atoms with Crippen LogP contribution in [0.3, 0.4) is 0 Å². The van der Waals surface area contributed by atoms with E-state index >= 15 is 0 Å². The van der Waals surface area contributed by atoms with E-state index in [9.17, 15) is 13.7 Å². The lowest BCUT2D eigenvalue weighted by Crippen LogP contribution is -2.52. The van der Waals surface area contributed by atoms with Gasteiger partial charge in [0.25, 0.3) is 0 Å². The quantitative estimate of drug-likeness (QED) is 0.413. The van der Waals surface area contributed by atoms with Gasteiger partial charge in [-0.3, -0.25) is 9.78 Å². The Balaban J connectivity index is 1.71. The minimum Gasteiger partial charge on any atom is -0.598 e. The number of hydrogen-bond donors (Lipinski definition) is 3. The average Bonchev–Trinajstić information content (AvgIpc) is 3.56. The normalized spacial score (nSPS) is 22.7. The minimum absolute atomic E-state index is 0.0460. The van der Waals surface area contributed by atoms with Gasteiger partial charge in [0.1, 0.15) is 16.1 Å². The van der Waals surface area contributed by atoms with E-state index in [-0.39, 0.29) is 17.7 Å². The van der Waals surface area contributed by atoms with Gasteiger partial charge in [0, 0.05) is 37.4 Å². The van der Waals surface area contributed by atoms with Crippen molar-refractivity contribution in [1.82, 2.24) is 15.0 Å². The molecule has 4 rings (SSSR count). The molecule has 4 atom stereocenters. The number of hydrogen-bond acceptors (Lipinski definition) is 6. The maximum absolute atomic E-state index is 15.0. The van der Waals surface area contributed by atoms with Crippen LogP contribution in [0.1, 0.15) is 64.0 Å². The molecular formula is C27H37FN4O3S. The summed E-state index contributed by atoms with van der Waals surface area (Å²) in [5, 5.41) is 5.90. The highest BCUT2D eigenvalue weighted by Crippen LogP contribution is 2.43. The molecule has 2 aliphatic rings. The highest BCUT2D eigenvalue weighted by Gasteiger charge is 2.43. The third-order valence-corrected chi connectivity index (χ3v) is 8.72. The highest BCUT2D eigenvalue weighted by atomic mass is 32.2. The van der Waals surface area contributed by atoms with Crippen LogP contribution in [0.2, 0.25) is 0 Å². The summed E-state index contributed by atoms with van der Waals surface area (Å²) in [5.74, 6) is -0.182. The van der Waals surface area contributed by atoms with Gasteiger partial charge in [-0.2, -0.15) is 0 Å². The Morgan fingerprint density at radius 2 is 1.94 bits per heavy atom. The number of nitrogens with zero attached hydrogens (tertiary/aromatic N) is 1. The second-order valence-corrected chi connectivity index (χ2v) is 12.8. The van der Waals surface area contributed by atoms with Crippen LogP contribution < -0.4 is 15.4 Å². The molecule has 1 aromatic heterocycles. The lowest BCUT2D eigenvalue weighted by atomic mass is 9.79. The fourth-order valence-electron chi connectivity index (χ4n) is 4.59. The zero-order chi connectivity index (χ0) is 25.9. The predicted molar refractivity (Wildman–Crippen MR) is 140 cm³/mol. The Bertz CT molecular complexity index is 1050. The lowest BCUT2D eigenvalue weighted by Gasteiger charge is -2.39. The topological polar surface area (TPSA) is 98.3 Å². The van der Waals surface area contributed by atoms with Crippen molar-refractivity contribution in [3.63, 3.8) is 0 Å². The Hall–Kier alpha value is -2.04. The van der Waals surface area contributed by atoms with E-state index in [0.717, 1.165) is 17.5 Å². The summed E-state index contributed by atoms with van der Waals surface area (Å²) in [6.45, 7) is 6.34. The molecule has 1 saturated carbocycles. The third-order valence-electron chi connectivity index (χ3n) is 7.08. The zero-order valence-electron chi connectivity index (χ0n) is 21.5. The molecule has 196 valence electrons. The second kappa shape index (κ2) is 11.1. The molecule has 7 nitrogen and oxygen atoms in total. The number of ether oxygens (including phenoxy) is 1. The molecule has 0 spiro atoms. The van der Waals surface area contributed by atoms with Crippen LogP contribution >= 0.6 is 0 Å². The number of carbonyl (C=O) groups excluding carboxylic acids is 1. The van der Waals surface area contributed by atoms with Crippen LogP contribution in [0.15, 0.2) is 42.7 Å². The van der Waals surface area contributed by atoms with Crippen LogP contribution in [0.5, 0.6) is 0 Å². The van der Waals surface area contributed by atoms with Crippen molar-refractivity contribution in [2.45, 2.75) is 75.3 Å². The number of halogens is 1. The minimum atomic E-state index is -1.41. The van der Waals surface area contributed by atoms with E-state index in [4.69, 9.17) is 4.74 Å². The number of methoxy groups -OCH3 is 1. The molecule has 0 bridgehead atoms. The Labute approximate surface area is 216 Å². The van der Waals surface area contributed by atoms with Crippen molar-refractivity contribution in [3.8, 4) is 0 Å². The van der Waals surface area contributed by atoms with Crippen LogP contribution in [-0.2, 0) is 26.4 Å². The van der Waals surface area contributed by atoms with E-state index in [0.29, 0.717) is 25.3 Å². The fourth-order valence-corrected chi connectivity index (χ4v) is 5.55. The zero-order valence-corrected chi connectivity index (χ0v) is 22.3. The summed E-state index contributed by atoms with van der Waals surface area (Å²) in [6, 6.07) is 8.14. The molecule has 2 heterocycles. The van der Waals surface area contributed by atoms with E-state index in [1.54, 1.807) is 31.6 Å². The van der Waals surface area contributed by atoms with E-state index in [2.05, 4.69) is 20.3 Å². The predicted octanol–water partition coefficient (Wildman–Crippen LogP) is 4.02. The largest absolute Gasteiger partial charge is 0.598 e. The first-order valence-corrected chi connectivity index (χ1v) is 13.7. The molecular weight excluding hydrogens is 479 g/mol. The number of carbonyl (C=O) groups is 1. The maximum Gasteiger partial charge on any atom is 0.241 e. The van der Waals surface area contributed by atoms with Gasteiger partial charge < -0.3 is 19.9 Å². The van der Waals surface area contributed by atoms with Crippen LogP contribution in [0, 0.1) is 11.7 Å². The molecule has 1 aliphatic heterocycles. The first kappa shape index (κ1) is 27.0. The lowest BCUT2D eigenvalue weighted by molar-refractivity contribution is -0.118. The maximum atomic E-state index is 15.0. The van der Waals surface area contributed by atoms with Crippen molar-refractivity contribution in [1.29, 1.82) is 0 Å². The number of anilines is 1. The fraction of sp³-hybridized carbons (Fsp3) is 0.556. The number of rotatable bonds is 10. The molecule has 1 aromatic carbocycles. The molecule has 1 amide bonds. The molecule has 36 heavy (non-hydrogen) atoms. The van der Waals surface area contributed by atoms with E-state index < -0.39 is 33.5 Å². The van der Waals surface area contributed by atoms with Gasteiger partial charge >= 0.3 is 0 Å². The smallest absolute Gasteiger partial charge is 0.241 e. The Morgan fingerprint density at radius 1 is 1.22 bits per heavy atom. The van der Waals surface area contributed by atoms with Gasteiger partial charge in [0.2, 0.25) is 5.91 Å². The number of amides is 1. The molecule has 1 saturated heterocycles. The van der Waals surface area contributed by atoms with Crippen LogP contribution in [-0.4, -0.2) is 46.0 Å². The van der Waals surface area contributed by atoms with Gasteiger partial charge in [-0.25, -0.2) is 4.39 Å². The SMILES string of the molecule is CO[C@H]1CN[C@@H](C(=O)Nc2cc([C@@](CCC3CC3)(N[S+]([O-])C(C)(C)C)c3ccncc3)ccc2F)C1. The third kappa shape index (κ3) is 6.26. The van der Waals surface area contributed by atoms with Crippen molar-refractivity contribution >= 4 is 23.0 Å². The molecule has 3 N–H and O–H groups in total. The number of aromatic nitrogens is 1. The van der Waals surface area contributed by atoms with Crippen molar-refractivity contribution in [2.24, 2.45) is 5.92 Å². The second-order valence-electron chi connectivity index (χ2n) is 10.8. The summed E-state index contributed by atoms with van der Waals surface area (Å²) in [4.78, 5) is 17.1. The monoisotopic (exact) mass is 516 g/mol. The van der Waals surface area contributed by atoms with Gasteiger partial charge in [0.15, 0.2) is 0 Å². The summed E-state index contributed by atoms with van der Waals surface area (Å²) >= 11 is -1.41. The van der Waals surface area contributed by atoms with Gasteiger partial charge in [0.05, 0.1) is 17.8 Å². The Kier molecular flexibility index (Phi) is 8.36. The molecule has 2 fully saturated rings. The van der Waals surface area contributed by atoms with Crippen molar-refractivity contribution < 1.29 is 18.5 Å². The molecule has 0 radical (unpaired) electrons. The first-order chi connectivity index (χ1) is 17.1. The molecule has 2 aromatic rings. The summed E-state index contributed by atoms with van der Waals surface area (Å²) < 4.78 is 36.7. The summed E-state index contributed by atoms with van der Waals surface area (Å²) in [6.07, 6.45) is 7.92. The van der Waals surface area contributed by atoms with Gasteiger partial charge in [-0.1, -0.05) is 18.9 Å². The van der Waals surface area contributed by atoms with E-state index in [1.807, 2.05) is 32.9 Å². The van der Waals surface area contributed by atoms with Crippen molar-refractivity contribution in [2.75, 3.05) is 19.0 Å². The highest BCUT2D eigenvalue weighted by molar-refractivity contribution is 7.90. The van der Waals surface area contributed by atoms with E-state index in [1.165, 1.54) is 18.9 Å².